The van der Waals surface area contributed by atoms with Crippen LogP contribution in [0.2, 0.25) is 0 Å². The maximum absolute atomic E-state index is 5.52. The van der Waals surface area contributed by atoms with Crippen molar-refractivity contribution in [3.63, 3.8) is 0 Å². The van der Waals surface area contributed by atoms with Gasteiger partial charge in [0.1, 0.15) is 0 Å². The highest BCUT2D eigenvalue weighted by atomic mass is 32.1. The van der Waals surface area contributed by atoms with Crippen molar-refractivity contribution in [3.8, 4) is 0 Å². The van der Waals surface area contributed by atoms with Gasteiger partial charge >= 0.3 is 0 Å². The molecule has 1 heterocycles. The third kappa shape index (κ3) is 5.08. The Morgan fingerprint density at radius 2 is 2.00 bits per heavy atom. The van der Waals surface area contributed by atoms with Crippen LogP contribution < -0.4 is 21.5 Å². The minimum absolute atomic E-state index is 0.250. The predicted octanol–water partition coefficient (Wildman–Crippen LogP) is 2.15. The van der Waals surface area contributed by atoms with E-state index in [1.165, 1.54) is 11.1 Å². The molecule has 0 radical (unpaired) electrons. The van der Waals surface area contributed by atoms with Crippen molar-refractivity contribution in [1.29, 1.82) is 0 Å². The van der Waals surface area contributed by atoms with Crippen LogP contribution in [0.3, 0.4) is 0 Å². The molecule has 0 aliphatic carbocycles. The molecule has 0 saturated carbocycles. The largest absolute Gasteiger partial charge is 0.376 e. The highest BCUT2D eigenvalue weighted by molar-refractivity contribution is 7.80. The summed E-state index contributed by atoms with van der Waals surface area (Å²) >= 11 is 10.4. The second-order valence-corrected chi connectivity index (χ2v) is 6.11. The maximum Gasteiger partial charge on any atom is 0.189 e. The van der Waals surface area contributed by atoms with E-state index in [0.29, 0.717) is 16.8 Å². The van der Waals surface area contributed by atoms with E-state index >= 15 is 0 Å². The fraction of sp³-hybridized carbons (Fsp3) is 0.467. The number of rotatable bonds is 3. The normalized spacial score (nSPS) is 16.9. The Morgan fingerprint density at radius 1 is 1.23 bits per heavy atom. The average molecular weight is 339 g/mol. The van der Waals surface area contributed by atoms with E-state index in [9.17, 15) is 0 Å². The van der Waals surface area contributed by atoms with Gasteiger partial charge in [0.15, 0.2) is 10.2 Å². The van der Waals surface area contributed by atoms with Crippen molar-refractivity contribution in [2.45, 2.75) is 32.8 Å². The van der Waals surface area contributed by atoms with E-state index in [2.05, 4.69) is 41.4 Å². The van der Waals surface area contributed by atoms with Gasteiger partial charge in [-0.2, -0.15) is 0 Å². The van der Waals surface area contributed by atoms with Crippen LogP contribution in [0.15, 0.2) is 18.2 Å². The molecule has 1 aromatic carbocycles. The van der Waals surface area contributed by atoms with Gasteiger partial charge in [-0.3, -0.25) is 10.9 Å². The SMILES string of the molecule is Cc1cccc(NC(=S)NNC(=S)NC[C@@H]2CCCO2)c1C. The van der Waals surface area contributed by atoms with Crippen LogP contribution in [0, 0.1) is 13.8 Å². The molecule has 1 saturated heterocycles. The van der Waals surface area contributed by atoms with Crippen LogP contribution in [0.5, 0.6) is 0 Å². The topological polar surface area (TPSA) is 57.3 Å². The van der Waals surface area contributed by atoms with Gasteiger partial charge in [0.25, 0.3) is 0 Å². The van der Waals surface area contributed by atoms with Crippen LogP contribution in [-0.4, -0.2) is 29.5 Å². The number of benzene rings is 1. The Balaban J connectivity index is 1.70. The van der Waals surface area contributed by atoms with Crippen LogP contribution in [0.1, 0.15) is 24.0 Å². The Morgan fingerprint density at radius 3 is 2.73 bits per heavy atom. The second-order valence-electron chi connectivity index (χ2n) is 5.30. The highest BCUT2D eigenvalue weighted by Gasteiger charge is 2.15. The van der Waals surface area contributed by atoms with Crippen molar-refractivity contribution in [1.82, 2.24) is 16.2 Å². The smallest absolute Gasteiger partial charge is 0.189 e. The molecular weight excluding hydrogens is 316 g/mol. The van der Waals surface area contributed by atoms with Crippen molar-refractivity contribution < 1.29 is 4.74 Å². The third-order valence-corrected chi connectivity index (χ3v) is 4.11. The molecule has 0 aromatic heterocycles. The van der Waals surface area contributed by atoms with Gasteiger partial charge in [-0.25, -0.2) is 0 Å². The molecule has 4 N–H and O–H groups in total. The molecule has 1 aromatic rings. The van der Waals surface area contributed by atoms with Crippen LogP contribution in [0.4, 0.5) is 5.69 Å². The fourth-order valence-electron chi connectivity index (χ4n) is 2.21. The molecule has 1 aliphatic rings. The molecule has 7 heteroatoms. The first-order valence-corrected chi connectivity index (χ1v) is 8.16. The summed E-state index contributed by atoms with van der Waals surface area (Å²) in [4.78, 5) is 0. The first kappa shape index (κ1) is 16.9. The summed E-state index contributed by atoms with van der Waals surface area (Å²) in [5, 5.41) is 7.23. The van der Waals surface area contributed by atoms with Crippen molar-refractivity contribution >= 4 is 40.3 Å². The van der Waals surface area contributed by atoms with Gasteiger partial charge in [0.2, 0.25) is 0 Å². The minimum Gasteiger partial charge on any atom is -0.376 e. The Bertz CT molecular complexity index is 544. The first-order valence-electron chi connectivity index (χ1n) is 7.35. The van der Waals surface area contributed by atoms with Crippen LogP contribution >= 0.6 is 24.4 Å². The number of nitrogens with one attached hydrogen (secondary N) is 4. The zero-order chi connectivity index (χ0) is 15.9. The Labute approximate surface area is 142 Å². The van der Waals surface area contributed by atoms with Crippen molar-refractivity contribution in [2.24, 2.45) is 0 Å². The summed E-state index contributed by atoms with van der Waals surface area (Å²) in [6.45, 7) is 5.68. The molecule has 1 aliphatic heterocycles. The van der Waals surface area contributed by atoms with E-state index < -0.39 is 0 Å². The lowest BCUT2D eigenvalue weighted by Gasteiger charge is -2.17. The lowest BCUT2D eigenvalue weighted by atomic mass is 10.1. The molecule has 120 valence electrons. The zero-order valence-electron chi connectivity index (χ0n) is 12.9. The third-order valence-electron chi connectivity index (χ3n) is 3.66. The summed E-state index contributed by atoms with van der Waals surface area (Å²) in [6, 6.07) is 6.05. The van der Waals surface area contributed by atoms with E-state index in [4.69, 9.17) is 29.2 Å². The summed E-state index contributed by atoms with van der Waals surface area (Å²) in [5.74, 6) is 0. The summed E-state index contributed by atoms with van der Waals surface area (Å²) in [5.41, 5.74) is 9.12. The minimum atomic E-state index is 0.250. The van der Waals surface area contributed by atoms with Gasteiger partial charge in [0.05, 0.1) is 6.10 Å². The Kier molecular flexibility index (Phi) is 6.35. The number of ether oxygens (including phenoxy) is 1. The molecule has 0 bridgehead atoms. The van der Waals surface area contributed by atoms with Crippen LogP contribution in [0.25, 0.3) is 0 Å². The predicted molar refractivity (Wildman–Crippen MR) is 98.0 cm³/mol. The summed E-state index contributed by atoms with van der Waals surface area (Å²) < 4.78 is 5.52. The second kappa shape index (κ2) is 8.26. The monoisotopic (exact) mass is 338 g/mol. The Hall–Kier alpha value is -1.44. The van der Waals surface area contributed by atoms with E-state index in [-0.39, 0.29) is 6.10 Å². The molecule has 0 unspecified atom stereocenters. The maximum atomic E-state index is 5.52. The van der Waals surface area contributed by atoms with Gasteiger partial charge in [-0.05, 0) is 68.3 Å². The van der Waals surface area contributed by atoms with Crippen molar-refractivity contribution in [2.75, 3.05) is 18.5 Å². The first-order chi connectivity index (χ1) is 10.6. The van der Waals surface area contributed by atoms with Gasteiger partial charge < -0.3 is 15.4 Å². The summed E-state index contributed by atoms with van der Waals surface area (Å²) in [7, 11) is 0. The number of hydrazine groups is 1. The molecule has 2 rings (SSSR count). The quantitative estimate of drug-likeness (QED) is 0.498. The van der Waals surface area contributed by atoms with Gasteiger partial charge in [-0.1, -0.05) is 12.1 Å². The number of anilines is 1. The standard InChI is InChI=1S/C15H22N4OS2/c1-10-5-3-7-13(11(10)2)17-15(22)19-18-14(21)16-9-12-6-4-8-20-12/h3,5,7,12H,4,6,8-9H2,1-2H3,(H2,16,18,21)(H2,17,19,22)/t12-/m0/s1. The molecule has 0 spiro atoms. The molecule has 1 atom stereocenters. The molecule has 22 heavy (non-hydrogen) atoms. The van der Waals surface area contributed by atoms with E-state index in [0.717, 1.165) is 25.1 Å². The van der Waals surface area contributed by atoms with Crippen molar-refractivity contribution in [3.05, 3.63) is 29.3 Å². The molecule has 0 amide bonds. The molecular formula is C15H22N4OS2. The number of hydrogen-bond acceptors (Lipinski definition) is 3. The van der Waals surface area contributed by atoms with E-state index in [1.807, 2.05) is 12.1 Å². The zero-order valence-corrected chi connectivity index (χ0v) is 14.5. The van der Waals surface area contributed by atoms with Gasteiger partial charge in [0, 0.05) is 18.8 Å². The number of hydrogen-bond donors (Lipinski definition) is 4. The lowest BCUT2D eigenvalue weighted by Crippen LogP contribution is -2.49. The number of thiocarbonyl (C=S) groups is 2. The average Bonchev–Trinajstić information content (AvgIpc) is 3.01. The van der Waals surface area contributed by atoms with E-state index in [1.54, 1.807) is 0 Å². The highest BCUT2D eigenvalue weighted by Crippen LogP contribution is 2.17. The lowest BCUT2D eigenvalue weighted by molar-refractivity contribution is 0.114. The summed E-state index contributed by atoms with van der Waals surface area (Å²) in [6.07, 6.45) is 2.45. The van der Waals surface area contributed by atoms with Gasteiger partial charge in [-0.15, -0.1) is 0 Å². The molecule has 5 nitrogen and oxygen atoms in total. The molecule has 1 fully saturated rings. The fourth-order valence-corrected chi connectivity index (χ4v) is 2.51. The number of aryl methyl sites for hydroxylation is 1. The van der Waals surface area contributed by atoms with Crippen LogP contribution in [-0.2, 0) is 4.74 Å².